The van der Waals surface area contributed by atoms with E-state index in [2.05, 4.69) is 13.5 Å². The van der Waals surface area contributed by atoms with Crippen LogP contribution in [0.25, 0.3) is 0 Å². The summed E-state index contributed by atoms with van der Waals surface area (Å²) in [6.07, 6.45) is 3.69. The third kappa shape index (κ3) is 1.60. The third-order valence-electron chi connectivity index (χ3n) is 3.04. The van der Waals surface area contributed by atoms with Crippen molar-refractivity contribution >= 4 is 5.78 Å². The normalized spacial score (nSPS) is 34.8. The first-order valence-corrected chi connectivity index (χ1v) is 4.63. The van der Waals surface area contributed by atoms with Gasteiger partial charge < -0.3 is 0 Å². The standard InChI is InChI=1S/C11H18O/c1-5-9-7-11(3,4)10(12)6-8(9)2/h5,8-9H,1,6-7H2,2-4H3. The van der Waals surface area contributed by atoms with Crippen molar-refractivity contribution in [1.82, 2.24) is 0 Å². The Hall–Kier alpha value is -0.590. The van der Waals surface area contributed by atoms with Gasteiger partial charge >= 0.3 is 0 Å². The van der Waals surface area contributed by atoms with Gasteiger partial charge in [-0.25, -0.2) is 0 Å². The number of carbonyl (C=O) groups is 1. The Morgan fingerprint density at radius 2 is 2.17 bits per heavy atom. The Morgan fingerprint density at radius 3 is 2.67 bits per heavy atom. The Bertz CT molecular complexity index is 203. The monoisotopic (exact) mass is 166 g/mol. The molecule has 0 aromatic rings. The van der Waals surface area contributed by atoms with Gasteiger partial charge in [-0.2, -0.15) is 0 Å². The number of hydrogen-bond acceptors (Lipinski definition) is 1. The third-order valence-corrected chi connectivity index (χ3v) is 3.04. The van der Waals surface area contributed by atoms with E-state index in [4.69, 9.17) is 0 Å². The summed E-state index contributed by atoms with van der Waals surface area (Å²) in [4.78, 5) is 11.6. The van der Waals surface area contributed by atoms with Gasteiger partial charge in [0.1, 0.15) is 5.78 Å². The van der Waals surface area contributed by atoms with Crippen molar-refractivity contribution in [2.45, 2.75) is 33.6 Å². The molecule has 2 unspecified atom stereocenters. The van der Waals surface area contributed by atoms with Crippen LogP contribution >= 0.6 is 0 Å². The van der Waals surface area contributed by atoms with Crippen LogP contribution < -0.4 is 0 Å². The van der Waals surface area contributed by atoms with Gasteiger partial charge in [-0.3, -0.25) is 4.79 Å². The number of rotatable bonds is 1. The van der Waals surface area contributed by atoms with Gasteiger partial charge in [0, 0.05) is 11.8 Å². The van der Waals surface area contributed by atoms with Crippen LogP contribution in [0.15, 0.2) is 12.7 Å². The second-order valence-electron chi connectivity index (χ2n) is 4.59. The second-order valence-corrected chi connectivity index (χ2v) is 4.59. The van der Waals surface area contributed by atoms with Crippen LogP contribution in [0.4, 0.5) is 0 Å². The zero-order valence-corrected chi connectivity index (χ0v) is 8.26. The van der Waals surface area contributed by atoms with E-state index >= 15 is 0 Å². The van der Waals surface area contributed by atoms with Crippen LogP contribution in [-0.4, -0.2) is 5.78 Å². The van der Waals surface area contributed by atoms with Crippen LogP contribution in [0.3, 0.4) is 0 Å². The lowest BCUT2D eigenvalue weighted by atomic mass is 9.67. The second kappa shape index (κ2) is 3.04. The number of carbonyl (C=O) groups excluding carboxylic acids is 1. The highest BCUT2D eigenvalue weighted by Gasteiger charge is 2.37. The Kier molecular flexibility index (Phi) is 2.41. The van der Waals surface area contributed by atoms with E-state index in [0.717, 1.165) is 12.8 Å². The van der Waals surface area contributed by atoms with Gasteiger partial charge in [-0.05, 0) is 18.3 Å². The lowest BCUT2D eigenvalue weighted by Crippen LogP contribution is -2.36. The molecule has 1 nitrogen and oxygen atoms in total. The van der Waals surface area contributed by atoms with Gasteiger partial charge in [-0.1, -0.05) is 26.8 Å². The zero-order valence-electron chi connectivity index (χ0n) is 8.26. The predicted molar refractivity (Wildman–Crippen MR) is 50.9 cm³/mol. The molecule has 0 radical (unpaired) electrons. The summed E-state index contributed by atoms with van der Waals surface area (Å²) in [7, 11) is 0. The van der Waals surface area contributed by atoms with Gasteiger partial charge in [0.25, 0.3) is 0 Å². The van der Waals surface area contributed by atoms with Crippen molar-refractivity contribution in [3.63, 3.8) is 0 Å². The summed E-state index contributed by atoms with van der Waals surface area (Å²) < 4.78 is 0. The molecular formula is C11H18O. The molecule has 0 heterocycles. The topological polar surface area (TPSA) is 17.1 Å². The molecule has 0 aromatic carbocycles. The largest absolute Gasteiger partial charge is 0.299 e. The van der Waals surface area contributed by atoms with Crippen molar-refractivity contribution in [3.8, 4) is 0 Å². The van der Waals surface area contributed by atoms with E-state index in [9.17, 15) is 4.79 Å². The van der Waals surface area contributed by atoms with Crippen molar-refractivity contribution in [2.24, 2.45) is 17.3 Å². The minimum absolute atomic E-state index is 0.120. The van der Waals surface area contributed by atoms with Gasteiger partial charge in [-0.15, -0.1) is 6.58 Å². The number of allylic oxidation sites excluding steroid dienone is 1. The van der Waals surface area contributed by atoms with Gasteiger partial charge in [0.05, 0.1) is 0 Å². The highest BCUT2D eigenvalue weighted by Crippen LogP contribution is 2.39. The van der Waals surface area contributed by atoms with E-state index in [0.29, 0.717) is 17.6 Å². The molecule has 68 valence electrons. The molecule has 1 aliphatic carbocycles. The average Bonchev–Trinajstić information content (AvgIpc) is 1.97. The molecule has 1 aliphatic rings. The molecule has 1 fully saturated rings. The summed E-state index contributed by atoms with van der Waals surface area (Å²) in [6.45, 7) is 10.0. The first kappa shape index (κ1) is 9.50. The van der Waals surface area contributed by atoms with Crippen molar-refractivity contribution < 1.29 is 4.79 Å². The van der Waals surface area contributed by atoms with Crippen molar-refractivity contribution in [3.05, 3.63) is 12.7 Å². The highest BCUT2D eigenvalue weighted by molar-refractivity contribution is 5.85. The van der Waals surface area contributed by atoms with Crippen molar-refractivity contribution in [1.29, 1.82) is 0 Å². The fourth-order valence-corrected chi connectivity index (χ4v) is 1.94. The van der Waals surface area contributed by atoms with Crippen molar-refractivity contribution in [2.75, 3.05) is 0 Å². The number of hydrogen-bond donors (Lipinski definition) is 0. The van der Waals surface area contributed by atoms with Crippen LogP contribution in [0, 0.1) is 17.3 Å². The van der Waals surface area contributed by atoms with Crippen LogP contribution in [0.1, 0.15) is 33.6 Å². The van der Waals surface area contributed by atoms with E-state index in [1.165, 1.54) is 0 Å². The first-order valence-electron chi connectivity index (χ1n) is 4.63. The van der Waals surface area contributed by atoms with E-state index in [1.54, 1.807) is 0 Å². The van der Waals surface area contributed by atoms with E-state index < -0.39 is 0 Å². The first-order chi connectivity index (χ1) is 5.47. The molecule has 0 N–H and O–H groups in total. The summed E-state index contributed by atoms with van der Waals surface area (Å²) >= 11 is 0. The smallest absolute Gasteiger partial charge is 0.138 e. The fraction of sp³-hybridized carbons (Fsp3) is 0.727. The quantitative estimate of drug-likeness (QED) is 0.547. The molecule has 1 saturated carbocycles. The van der Waals surface area contributed by atoms with Gasteiger partial charge in [0.15, 0.2) is 0 Å². The maximum absolute atomic E-state index is 11.6. The minimum atomic E-state index is -0.120. The number of ketones is 1. The zero-order chi connectivity index (χ0) is 9.35. The summed E-state index contributed by atoms with van der Waals surface area (Å²) in [5.74, 6) is 1.42. The van der Waals surface area contributed by atoms with Gasteiger partial charge in [0.2, 0.25) is 0 Å². The summed E-state index contributed by atoms with van der Waals surface area (Å²) in [5.41, 5.74) is -0.120. The lowest BCUT2D eigenvalue weighted by Gasteiger charge is -2.36. The Labute approximate surface area is 74.9 Å². The average molecular weight is 166 g/mol. The lowest BCUT2D eigenvalue weighted by molar-refractivity contribution is -0.132. The maximum atomic E-state index is 11.6. The predicted octanol–water partition coefficient (Wildman–Crippen LogP) is 2.81. The molecule has 0 saturated heterocycles. The van der Waals surface area contributed by atoms with Crippen LogP contribution in [0.5, 0.6) is 0 Å². The molecule has 2 atom stereocenters. The molecule has 12 heavy (non-hydrogen) atoms. The van der Waals surface area contributed by atoms with Crippen LogP contribution in [-0.2, 0) is 4.79 Å². The molecule has 0 bridgehead atoms. The Balaban J connectivity index is 2.76. The van der Waals surface area contributed by atoms with E-state index in [1.807, 2.05) is 19.9 Å². The van der Waals surface area contributed by atoms with Crippen LogP contribution in [0.2, 0.25) is 0 Å². The molecular weight excluding hydrogens is 148 g/mol. The molecule has 1 rings (SSSR count). The highest BCUT2D eigenvalue weighted by atomic mass is 16.1. The molecule has 0 aliphatic heterocycles. The minimum Gasteiger partial charge on any atom is -0.299 e. The molecule has 0 spiro atoms. The maximum Gasteiger partial charge on any atom is 0.138 e. The number of Topliss-reactive ketones (excluding diaryl/α,β-unsaturated/α-hetero) is 1. The molecule has 0 aromatic heterocycles. The molecule has 0 amide bonds. The molecule has 1 heteroatoms. The Morgan fingerprint density at radius 1 is 1.58 bits per heavy atom. The summed E-state index contributed by atoms with van der Waals surface area (Å²) in [5, 5.41) is 0. The fourth-order valence-electron chi connectivity index (χ4n) is 1.94. The summed E-state index contributed by atoms with van der Waals surface area (Å²) in [6, 6.07) is 0. The SMILES string of the molecule is C=CC1CC(C)(C)C(=O)CC1C. The van der Waals surface area contributed by atoms with E-state index in [-0.39, 0.29) is 5.41 Å².